The monoisotopic (exact) mass is 352 g/mol. The SMILES string of the molecule is C=C1CC[C@H]2[C@@H]3CCc4cc(OC5CCCCO5)ccc4[C@H]3CC[C@]12C. The minimum absolute atomic E-state index is 0.0435. The number of hydrogen-bond donors (Lipinski definition) is 0. The minimum Gasteiger partial charge on any atom is -0.465 e. The van der Waals surface area contributed by atoms with E-state index >= 15 is 0 Å². The highest BCUT2D eigenvalue weighted by Crippen LogP contribution is 2.62. The van der Waals surface area contributed by atoms with Crippen molar-refractivity contribution in [3.05, 3.63) is 41.5 Å². The van der Waals surface area contributed by atoms with Crippen molar-refractivity contribution in [2.75, 3.05) is 6.61 Å². The third-order valence-corrected chi connectivity index (χ3v) is 8.06. The molecule has 0 aromatic heterocycles. The Labute approximate surface area is 158 Å². The molecule has 5 rings (SSSR count). The Morgan fingerprint density at radius 2 is 2.04 bits per heavy atom. The van der Waals surface area contributed by atoms with Crippen LogP contribution in [-0.2, 0) is 11.2 Å². The third kappa shape index (κ3) is 2.64. The highest BCUT2D eigenvalue weighted by atomic mass is 16.7. The number of fused-ring (bicyclic) bond motifs is 5. The first-order chi connectivity index (χ1) is 12.6. The number of aryl methyl sites for hydroxylation is 1. The molecule has 2 nitrogen and oxygen atoms in total. The summed E-state index contributed by atoms with van der Waals surface area (Å²) in [5.41, 5.74) is 5.08. The maximum atomic E-state index is 6.12. The van der Waals surface area contributed by atoms with Crippen molar-refractivity contribution in [3.8, 4) is 5.75 Å². The van der Waals surface area contributed by atoms with Gasteiger partial charge in [-0.3, -0.25) is 0 Å². The Bertz CT molecular complexity index is 702. The molecule has 1 saturated heterocycles. The molecule has 0 bridgehead atoms. The lowest BCUT2D eigenvalue weighted by atomic mass is 9.55. The van der Waals surface area contributed by atoms with Gasteiger partial charge in [0.1, 0.15) is 5.75 Å². The normalized spacial score (nSPS) is 39.0. The quantitative estimate of drug-likeness (QED) is 0.607. The summed E-state index contributed by atoms with van der Waals surface area (Å²) >= 11 is 0. The smallest absolute Gasteiger partial charge is 0.199 e. The Morgan fingerprint density at radius 1 is 1.12 bits per heavy atom. The van der Waals surface area contributed by atoms with E-state index in [0.29, 0.717) is 5.41 Å². The molecule has 1 aromatic rings. The van der Waals surface area contributed by atoms with Crippen molar-refractivity contribution < 1.29 is 9.47 Å². The van der Waals surface area contributed by atoms with Gasteiger partial charge >= 0.3 is 0 Å². The third-order valence-electron chi connectivity index (χ3n) is 8.06. The van der Waals surface area contributed by atoms with E-state index in [1.54, 1.807) is 5.56 Å². The molecule has 0 amide bonds. The predicted octanol–water partition coefficient (Wildman–Crippen LogP) is 6.00. The van der Waals surface area contributed by atoms with E-state index in [1.807, 2.05) is 0 Å². The molecule has 140 valence electrons. The summed E-state index contributed by atoms with van der Waals surface area (Å²) in [6.07, 6.45) is 11.2. The molecule has 5 atom stereocenters. The second kappa shape index (κ2) is 6.41. The molecule has 1 aromatic carbocycles. The van der Waals surface area contributed by atoms with Crippen molar-refractivity contribution in [1.29, 1.82) is 0 Å². The first-order valence-corrected chi connectivity index (χ1v) is 10.7. The summed E-state index contributed by atoms with van der Waals surface area (Å²) in [4.78, 5) is 0. The van der Waals surface area contributed by atoms with E-state index < -0.39 is 0 Å². The lowest BCUT2D eigenvalue weighted by molar-refractivity contribution is -0.105. The summed E-state index contributed by atoms with van der Waals surface area (Å²) in [5, 5.41) is 0. The minimum atomic E-state index is -0.0435. The van der Waals surface area contributed by atoms with Crippen LogP contribution in [0.5, 0.6) is 5.75 Å². The fraction of sp³-hybridized carbons (Fsp3) is 0.667. The van der Waals surface area contributed by atoms with Crippen molar-refractivity contribution in [2.24, 2.45) is 17.3 Å². The van der Waals surface area contributed by atoms with Crippen LogP contribution in [0.3, 0.4) is 0 Å². The predicted molar refractivity (Wildman–Crippen MR) is 104 cm³/mol. The van der Waals surface area contributed by atoms with E-state index in [-0.39, 0.29) is 6.29 Å². The van der Waals surface area contributed by atoms with Gasteiger partial charge in [0.2, 0.25) is 0 Å². The van der Waals surface area contributed by atoms with E-state index in [9.17, 15) is 0 Å². The number of ether oxygens (including phenoxy) is 2. The molecule has 4 aliphatic rings. The maximum absolute atomic E-state index is 6.12. The zero-order chi connectivity index (χ0) is 17.7. The highest BCUT2D eigenvalue weighted by Gasteiger charge is 2.51. The zero-order valence-corrected chi connectivity index (χ0v) is 16.1. The van der Waals surface area contributed by atoms with Gasteiger partial charge in [-0.15, -0.1) is 0 Å². The first kappa shape index (κ1) is 16.9. The van der Waals surface area contributed by atoms with Gasteiger partial charge in [-0.05, 0) is 97.8 Å². The maximum Gasteiger partial charge on any atom is 0.199 e. The van der Waals surface area contributed by atoms with E-state index in [2.05, 4.69) is 31.7 Å². The summed E-state index contributed by atoms with van der Waals surface area (Å²) in [6, 6.07) is 6.88. The van der Waals surface area contributed by atoms with Crippen LogP contribution in [0.25, 0.3) is 0 Å². The van der Waals surface area contributed by atoms with E-state index in [0.717, 1.165) is 36.5 Å². The van der Waals surface area contributed by atoms with Crippen LogP contribution in [0, 0.1) is 17.3 Å². The molecular formula is C24H32O2. The van der Waals surface area contributed by atoms with Crippen molar-refractivity contribution in [2.45, 2.75) is 76.9 Å². The molecular weight excluding hydrogens is 320 g/mol. The summed E-state index contributed by atoms with van der Waals surface area (Å²) in [5.74, 6) is 3.47. The molecule has 26 heavy (non-hydrogen) atoms. The molecule has 1 aliphatic heterocycles. The van der Waals surface area contributed by atoms with Gasteiger partial charge in [-0.1, -0.05) is 25.1 Å². The molecule has 0 N–H and O–H groups in total. The van der Waals surface area contributed by atoms with Crippen LogP contribution in [-0.4, -0.2) is 12.9 Å². The topological polar surface area (TPSA) is 18.5 Å². The van der Waals surface area contributed by atoms with Crippen molar-refractivity contribution in [1.82, 2.24) is 0 Å². The van der Waals surface area contributed by atoms with E-state index in [4.69, 9.17) is 9.47 Å². The lowest BCUT2D eigenvalue weighted by Gasteiger charge is -2.49. The number of hydrogen-bond acceptors (Lipinski definition) is 2. The van der Waals surface area contributed by atoms with Gasteiger partial charge in [0.25, 0.3) is 0 Å². The zero-order valence-electron chi connectivity index (χ0n) is 16.1. The fourth-order valence-corrected chi connectivity index (χ4v) is 6.49. The standard InChI is InChI=1S/C24H32O2/c1-16-6-11-22-21-9-7-17-15-18(26-23-5-3-4-14-25-23)8-10-19(17)20(21)12-13-24(16,22)2/h8,10,15,20-23H,1,3-7,9,11-14H2,2H3/t20-,21-,22+,23?,24-/m1/s1. The Hall–Kier alpha value is -1.28. The first-order valence-electron chi connectivity index (χ1n) is 10.7. The Kier molecular flexibility index (Phi) is 4.15. The van der Waals surface area contributed by atoms with Crippen molar-refractivity contribution in [3.63, 3.8) is 0 Å². The number of rotatable bonds is 2. The molecule has 0 radical (unpaired) electrons. The van der Waals surface area contributed by atoms with E-state index in [1.165, 1.54) is 62.5 Å². The van der Waals surface area contributed by atoms with Gasteiger partial charge in [0.15, 0.2) is 6.29 Å². The molecule has 1 unspecified atom stereocenters. The summed E-state index contributed by atoms with van der Waals surface area (Å²) < 4.78 is 11.9. The number of benzene rings is 1. The van der Waals surface area contributed by atoms with Crippen LogP contribution < -0.4 is 4.74 Å². The molecule has 2 saturated carbocycles. The number of allylic oxidation sites excluding steroid dienone is 1. The van der Waals surface area contributed by atoms with Gasteiger partial charge in [-0.2, -0.15) is 0 Å². The summed E-state index contributed by atoms with van der Waals surface area (Å²) in [6.45, 7) is 7.77. The lowest BCUT2D eigenvalue weighted by Crippen LogP contribution is -2.40. The highest BCUT2D eigenvalue weighted by molar-refractivity contribution is 5.41. The summed E-state index contributed by atoms with van der Waals surface area (Å²) in [7, 11) is 0. The van der Waals surface area contributed by atoms with Crippen LogP contribution in [0.4, 0.5) is 0 Å². The van der Waals surface area contributed by atoms with Crippen LogP contribution >= 0.6 is 0 Å². The Balaban J connectivity index is 1.37. The van der Waals surface area contributed by atoms with Gasteiger partial charge < -0.3 is 9.47 Å². The average Bonchev–Trinajstić information content (AvgIpc) is 2.97. The van der Waals surface area contributed by atoms with Gasteiger partial charge in [0.05, 0.1) is 6.61 Å². The Morgan fingerprint density at radius 3 is 2.88 bits per heavy atom. The van der Waals surface area contributed by atoms with Crippen LogP contribution in [0.2, 0.25) is 0 Å². The molecule has 3 aliphatic carbocycles. The van der Waals surface area contributed by atoms with Gasteiger partial charge in [-0.25, -0.2) is 0 Å². The molecule has 0 spiro atoms. The van der Waals surface area contributed by atoms with Gasteiger partial charge in [0, 0.05) is 6.42 Å². The molecule has 3 fully saturated rings. The van der Waals surface area contributed by atoms with Crippen molar-refractivity contribution >= 4 is 0 Å². The van der Waals surface area contributed by atoms with Crippen LogP contribution in [0.15, 0.2) is 30.4 Å². The second-order valence-corrected chi connectivity index (χ2v) is 9.29. The largest absolute Gasteiger partial charge is 0.465 e. The molecule has 1 heterocycles. The fourth-order valence-electron chi connectivity index (χ4n) is 6.49. The average molecular weight is 353 g/mol. The second-order valence-electron chi connectivity index (χ2n) is 9.29. The molecule has 2 heteroatoms. The van der Waals surface area contributed by atoms with Crippen LogP contribution in [0.1, 0.15) is 75.3 Å².